The van der Waals surface area contributed by atoms with E-state index >= 15 is 0 Å². The minimum absolute atomic E-state index is 0.614. The molecule has 0 saturated heterocycles. The molecule has 3 aromatic rings. The first-order valence-corrected chi connectivity index (χ1v) is 7.80. The summed E-state index contributed by atoms with van der Waals surface area (Å²) < 4.78 is 11.5. The molecule has 0 amide bonds. The van der Waals surface area contributed by atoms with Crippen LogP contribution in [0, 0.1) is 0 Å². The minimum atomic E-state index is 0.614. The van der Waals surface area contributed by atoms with Crippen LogP contribution in [-0.2, 0) is 0 Å². The van der Waals surface area contributed by atoms with Gasteiger partial charge < -0.3 is 9.47 Å². The molecule has 0 bridgehead atoms. The first-order chi connectivity index (χ1) is 11.9. The van der Waals surface area contributed by atoms with E-state index in [1.54, 1.807) is 12.4 Å². The fourth-order valence-electron chi connectivity index (χ4n) is 2.59. The summed E-state index contributed by atoms with van der Waals surface area (Å²) >= 11 is 0. The second kappa shape index (κ2) is 6.54. The van der Waals surface area contributed by atoms with Gasteiger partial charge in [-0.1, -0.05) is 30.3 Å². The monoisotopic (exact) mass is 320 g/mol. The quantitative estimate of drug-likeness (QED) is 0.593. The highest BCUT2D eigenvalue weighted by Gasteiger charge is 2.13. The summed E-state index contributed by atoms with van der Waals surface area (Å²) in [7, 11) is 0. The van der Waals surface area contributed by atoms with Crippen LogP contribution in [0.3, 0.4) is 0 Å². The Morgan fingerprint density at radius 2 is 1.96 bits per heavy atom. The summed E-state index contributed by atoms with van der Waals surface area (Å²) in [6.45, 7) is 1.30. The molecule has 1 aliphatic rings. The molecule has 1 aliphatic heterocycles. The van der Waals surface area contributed by atoms with Crippen molar-refractivity contribution in [2.45, 2.75) is 6.42 Å². The van der Waals surface area contributed by atoms with Gasteiger partial charge in [-0.2, -0.15) is 10.2 Å². The number of para-hydroxylation sites is 1. The van der Waals surface area contributed by atoms with E-state index in [1.807, 2.05) is 42.5 Å². The molecule has 120 valence electrons. The number of aromatic nitrogens is 2. The van der Waals surface area contributed by atoms with Crippen molar-refractivity contribution < 1.29 is 9.47 Å². The summed E-state index contributed by atoms with van der Waals surface area (Å²) in [6, 6.07) is 13.7. The van der Waals surface area contributed by atoms with Crippen molar-refractivity contribution in [3.63, 3.8) is 0 Å². The minimum Gasteiger partial charge on any atom is -0.490 e. The van der Waals surface area contributed by atoms with Crippen LogP contribution in [-0.4, -0.2) is 29.6 Å². The number of nitrogens with one attached hydrogen (secondary N) is 1. The molecular formula is C18H16N4O2. The number of fused-ring (bicyclic) bond motifs is 2. The Labute approximate surface area is 139 Å². The first kappa shape index (κ1) is 14.4. The highest BCUT2D eigenvalue weighted by atomic mass is 16.5. The van der Waals surface area contributed by atoms with Gasteiger partial charge in [0.25, 0.3) is 0 Å². The molecular weight excluding hydrogens is 304 g/mol. The van der Waals surface area contributed by atoms with Gasteiger partial charge in [0.1, 0.15) is 0 Å². The van der Waals surface area contributed by atoms with Crippen LogP contribution in [0.25, 0.3) is 10.8 Å². The standard InChI is InChI=1S/C18H16N4O2/c1-2-7-15-13(5-1)11-19-21-18(15)22-20-12-14-6-3-8-16-17(14)24-10-4-9-23-16/h1-3,5-8,11-12H,4,9-10H2,(H,21,22)/b20-12+. The van der Waals surface area contributed by atoms with Crippen molar-refractivity contribution >= 4 is 22.8 Å². The third-order valence-corrected chi connectivity index (χ3v) is 3.75. The van der Waals surface area contributed by atoms with E-state index in [2.05, 4.69) is 20.7 Å². The lowest BCUT2D eigenvalue weighted by atomic mass is 10.2. The highest BCUT2D eigenvalue weighted by molar-refractivity contribution is 5.91. The molecule has 0 saturated carbocycles. The molecule has 0 radical (unpaired) electrons. The summed E-state index contributed by atoms with van der Waals surface area (Å²) in [5, 5.41) is 14.4. The molecule has 0 atom stereocenters. The number of rotatable bonds is 3. The van der Waals surface area contributed by atoms with Crippen molar-refractivity contribution in [3.05, 3.63) is 54.2 Å². The molecule has 6 heteroatoms. The predicted octanol–water partition coefficient (Wildman–Crippen LogP) is 3.24. The second-order valence-corrected chi connectivity index (χ2v) is 5.38. The lowest BCUT2D eigenvalue weighted by molar-refractivity contribution is 0.297. The smallest absolute Gasteiger partial charge is 0.176 e. The summed E-state index contributed by atoms with van der Waals surface area (Å²) in [5.74, 6) is 2.09. The van der Waals surface area contributed by atoms with Crippen molar-refractivity contribution in [2.24, 2.45) is 5.10 Å². The third kappa shape index (κ3) is 2.86. The summed E-state index contributed by atoms with van der Waals surface area (Å²) in [6.07, 6.45) is 4.30. The van der Waals surface area contributed by atoms with Crippen LogP contribution in [0.1, 0.15) is 12.0 Å². The average molecular weight is 320 g/mol. The Hall–Kier alpha value is -3.15. The van der Waals surface area contributed by atoms with E-state index in [9.17, 15) is 0 Å². The molecule has 0 aliphatic carbocycles. The molecule has 24 heavy (non-hydrogen) atoms. The van der Waals surface area contributed by atoms with Crippen LogP contribution in [0.15, 0.2) is 53.8 Å². The lowest BCUT2D eigenvalue weighted by Gasteiger charge is -2.09. The number of hydrazone groups is 1. The van der Waals surface area contributed by atoms with Crippen LogP contribution in [0.4, 0.5) is 5.82 Å². The van der Waals surface area contributed by atoms with Crippen molar-refractivity contribution in [2.75, 3.05) is 18.6 Å². The number of ether oxygens (including phenoxy) is 2. The molecule has 0 unspecified atom stereocenters. The molecule has 1 N–H and O–H groups in total. The van der Waals surface area contributed by atoms with Gasteiger partial charge in [-0.3, -0.25) is 5.43 Å². The summed E-state index contributed by atoms with van der Waals surface area (Å²) in [5.41, 5.74) is 3.81. The van der Waals surface area contributed by atoms with E-state index in [0.717, 1.165) is 34.3 Å². The Morgan fingerprint density at radius 1 is 1.04 bits per heavy atom. The van der Waals surface area contributed by atoms with E-state index in [4.69, 9.17) is 9.47 Å². The van der Waals surface area contributed by atoms with Crippen LogP contribution < -0.4 is 14.9 Å². The SMILES string of the molecule is C(=N\Nc1nncc2ccccc12)/c1cccc2c1OCCCO2. The zero-order chi connectivity index (χ0) is 16.2. The number of benzene rings is 2. The van der Waals surface area contributed by atoms with Gasteiger partial charge in [-0.25, -0.2) is 0 Å². The zero-order valence-corrected chi connectivity index (χ0v) is 13.0. The molecule has 2 aromatic carbocycles. The van der Waals surface area contributed by atoms with Crippen LogP contribution in [0.5, 0.6) is 11.5 Å². The van der Waals surface area contributed by atoms with Crippen molar-refractivity contribution in [1.29, 1.82) is 0 Å². The first-order valence-electron chi connectivity index (χ1n) is 7.80. The third-order valence-electron chi connectivity index (χ3n) is 3.75. The Morgan fingerprint density at radius 3 is 2.96 bits per heavy atom. The Kier molecular flexibility index (Phi) is 3.93. The lowest BCUT2D eigenvalue weighted by Crippen LogP contribution is -2.00. The molecule has 2 heterocycles. The molecule has 0 fully saturated rings. The van der Waals surface area contributed by atoms with Gasteiger partial charge in [-0.05, 0) is 12.1 Å². The maximum Gasteiger partial charge on any atom is 0.176 e. The normalized spacial score (nSPS) is 13.8. The molecule has 4 rings (SSSR count). The van der Waals surface area contributed by atoms with Crippen molar-refractivity contribution in [3.8, 4) is 11.5 Å². The molecule has 6 nitrogen and oxygen atoms in total. The fraction of sp³-hybridized carbons (Fsp3) is 0.167. The topological polar surface area (TPSA) is 68.6 Å². The molecule has 1 aromatic heterocycles. The fourth-order valence-corrected chi connectivity index (χ4v) is 2.59. The van der Waals surface area contributed by atoms with Crippen molar-refractivity contribution in [1.82, 2.24) is 10.2 Å². The van der Waals surface area contributed by atoms with Gasteiger partial charge in [0.15, 0.2) is 17.3 Å². The summed E-state index contributed by atoms with van der Waals surface area (Å²) in [4.78, 5) is 0. The Balaban J connectivity index is 1.60. The van der Waals surface area contributed by atoms with Gasteiger partial charge in [-0.15, -0.1) is 5.10 Å². The number of anilines is 1. The van der Waals surface area contributed by atoms with Gasteiger partial charge in [0, 0.05) is 22.8 Å². The molecule has 0 spiro atoms. The van der Waals surface area contributed by atoms with E-state index in [-0.39, 0.29) is 0 Å². The number of hydrogen-bond donors (Lipinski definition) is 1. The van der Waals surface area contributed by atoms with E-state index in [1.165, 1.54) is 0 Å². The van der Waals surface area contributed by atoms with Gasteiger partial charge >= 0.3 is 0 Å². The number of hydrogen-bond acceptors (Lipinski definition) is 6. The predicted molar refractivity (Wildman–Crippen MR) is 92.8 cm³/mol. The Bertz CT molecular complexity index is 890. The maximum atomic E-state index is 5.78. The van der Waals surface area contributed by atoms with Gasteiger partial charge in [0.05, 0.1) is 25.6 Å². The average Bonchev–Trinajstić information content (AvgIpc) is 2.88. The van der Waals surface area contributed by atoms with Crippen LogP contribution >= 0.6 is 0 Å². The maximum absolute atomic E-state index is 5.78. The van der Waals surface area contributed by atoms with Gasteiger partial charge in [0.2, 0.25) is 0 Å². The van der Waals surface area contributed by atoms with E-state index < -0.39 is 0 Å². The second-order valence-electron chi connectivity index (χ2n) is 5.38. The van der Waals surface area contributed by atoms with E-state index in [0.29, 0.717) is 19.0 Å². The number of nitrogens with zero attached hydrogens (tertiary/aromatic N) is 3. The van der Waals surface area contributed by atoms with Crippen LogP contribution in [0.2, 0.25) is 0 Å². The zero-order valence-electron chi connectivity index (χ0n) is 13.0. The highest BCUT2D eigenvalue weighted by Crippen LogP contribution is 2.32. The largest absolute Gasteiger partial charge is 0.490 e.